The number of sulfonamides is 1. The number of nitrogens with one attached hydrogen (secondary N) is 2. The molecule has 3 heterocycles. The molecule has 1 aliphatic rings. The van der Waals surface area contributed by atoms with E-state index < -0.39 is 34.3 Å². The Labute approximate surface area is 230 Å². The van der Waals surface area contributed by atoms with Gasteiger partial charge in [0.25, 0.3) is 15.9 Å². The van der Waals surface area contributed by atoms with E-state index in [1.165, 1.54) is 31.4 Å². The van der Waals surface area contributed by atoms with Gasteiger partial charge in [0.15, 0.2) is 0 Å². The third-order valence-electron chi connectivity index (χ3n) is 7.23. The number of benzene rings is 2. The Morgan fingerprint density at radius 1 is 1.20 bits per heavy atom. The van der Waals surface area contributed by atoms with Crippen molar-refractivity contribution in [1.29, 1.82) is 0 Å². The van der Waals surface area contributed by atoms with Gasteiger partial charge in [-0.05, 0) is 51.1 Å². The fourth-order valence-corrected chi connectivity index (χ4v) is 6.50. The van der Waals surface area contributed by atoms with E-state index in [1.807, 2.05) is 6.92 Å². The lowest BCUT2D eigenvalue weighted by atomic mass is 10.00. The first-order chi connectivity index (χ1) is 19.0. The molecule has 40 heavy (non-hydrogen) atoms. The fraction of sp³-hybridized carbons (Fsp3) is 0.333. The lowest BCUT2D eigenvalue weighted by Crippen LogP contribution is -2.56. The number of rotatable bonds is 7. The van der Waals surface area contributed by atoms with Gasteiger partial charge in [-0.2, -0.15) is 5.10 Å². The summed E-state index contributed by atoms with van der Waals surface area (Å²) in [4.78, 5) is 5.89. The van der Waals surface area contributed by atoms with Gasteiger partial charge < -0.3 is 16.0 Å². The first-order valence-corrected chi connectivity index (χ1v) is 14.3. The molecule has 4 aromatic rings. The van der Waals surface area contributed by atoms with Crippen LogP contribution in [0.3, 0.4) is 0 Å². The van der Waals surface area contributed by atoms with Crippen LogP contribution in [0.15, 0.2) is 53.6 Å². The third kappa shape index (κ3) is 4.83. The minimum absolute atomic E-state index is 0.0434. The van der Waals surface area contributed by atoms with E-state index in [2.05, 4.69) is 20.1 Å². The fourth-order valence-electron chi connectivity index (χ4n) is 5.19. The molecule has 1 fully saturated rings. The van der Waals surface area contributed by atoms with E-state index in [0.29, 0.717) is 46.5 Å². The molecule has 0 amide bonds. The smallest absolute Gasteiger partial charge is 0.280 e. The van der Waals surface area contributed by atoms with E-state index in [1.54, 1.807) is 34.7 Å². The Hall–Kier alpha value is -3.84. The minimum Gasteiger partial charge on any atom is -0.383 e. The van der Waals surface area contributed by atoms with Crippen LogP contribution < -0.4 is 20.7 Å². The lowest BCUT2D eigenvalue weighted by Gasteiger charge is -2.39. The molecule has 0 bridgehead atoms. The Bertz CT molecular complexity index is 1690. The van der Waals surface area contributed by atoms with Crippen LogP contribution >= 0.6 is 0 Å². The highest BCUT2D eigenvalue weighted by atomic mass is 32.2. The van der Waals surface area contributed by atoms with Crippen LogP contribution in [0.1, 0.15) is 18.9 Å². The SMILES string of the molecule is CCn1nc(-c2ccc(NS(=O)(=O)c3ccccc3C)c(F)c2)c2c(N)ncc(N3CCC(NC)C(F)(F)C3)c21. The molecule has 0 radical (unpaired) electrons. The van der Waals surface area contributed by atoms with Crippen molar-refractivity contribution in [3.05, 3.63) is 60.0 Å². The lowest BCUT2D eigenvalue weighted by molar-refractivity contribution is -0.0402. The summed E-state index contributed by atoms with van der Waals surface area (Å²) in [5.41, 5.74) is 8.18. The molecule has 1 unspecified atom stereocenters. The van der Waals surface area contributed by atoms with Gasteiger partial charge >= 0.3 is 0 Å². The summed E-state index contributed by atoms with van der Waals surface area (Å²) in [5, 5.41) is 7.73. The highest BCUT2D eigenvalue weighted by Gasteiger charge is 2.44. The van der Waals surface area contributed by atoms with Crippen molar-refractivity contribution in [2.75, 3.05) is 35.5 Å². The number of nitrogen functional groups attached to an aromatic ring is 1. The summed E-state index contributed by atoms with van der Waals surface area (Å²) >= 11 is 0. The number of anilines is 3. The third-order valence-corrected chi connectivity index (χ3v) is 8.76. The molecule has 2 aromatic heterocycles. The standard InChI is InChI=1S/C27H30F3N7O2S/c1-4-37-25-20(36-12-11-22(32-3)27(29,30)15-36)14-33-26(31)23(25)24(34-37)17-9-10-19(18(28)13-17)35-40(38,39)21-8-6-5-7-16(21)2/h5-10,13-14,22,32,35H,4,11-12,15H2,1-3H3,(H2,31,33). The van der Waals surface area contributed by atoms with Gasteiger partial charge in [0.1, 0.15) is 17.3 Å². The number of alkyl halides is 2. The van der Waals surface area contributed by atoms with Gasteiger partial charge in [0.2, 0.25) is 0 Å². The van der Waals surface area contributed by atoms with Gasteiger partial charge in [0, 0.05) is 18.7 Å². The van der Waals surface area contributed by atoms with Crippen molar-refractivity contribution >= 4 is 38.1 Å². The molecular formula is C27H30F3N7O2S. The zero-order chi connectivity index (χ0) is 28.8. The van der Waals surface area contributed by atoms with Crippen LogP contribution in [-0.4, -0.2) is 55.3 Å². The van der Waals surface area contributed by atoms with Crippen molar-refractivity contribution in [3.63, 3.8) is 0 Å². The average molecular weight is 574 g/mol. The summed E-state index contributed by atoms with van der Waals surface area (Å²) in [5.74, 6) is -3.66. The van der Waals surface area contributed by atoms with Crippen LogP contribution in [0.2, 0.25) is 0 Å². The van der Waals surface area contributed by atoms with Crippen LogP contribution in [0.25, 0.3) is 22.2 Å². The number of hydrogen-bond acceptors (Lipinski definition) is 7. The number of nitrogens with two attached hydrogens (primary N) is 1. The van der Waals surface area contributed by atoms with E-state index in [-0.39, 0.29) is 22.8 Å². The quantitative estimate of drug-likeness (QED) is 0.300. The number of fused-ring (bicyclic) bond motifs is 1. The van der Waals surface area contributed by atoms with Crippen molar-refractivity contribution in [1.82, 2.24) is 20.1 Å². The van der Waals surface area contributed by atoms with Crippen LogP contribution in [-0.2, 0) is 16.6 Å². The maximum Gasteiger partial charge on any atom is 0.280 e. The van der Waals surface area contributed by atoms with Gasteiger partial charge in [-0.1, -0.05) is 24.3 Å². The van der Waals surface area contributed by atoms with E-state index >= 15 is 4.39 Å². The number of halogens is 3. The average Bonchev–Trinajstić information content (AvgIpc) is 3.30. The number of aromatic nitrogens is 3. The largest absolute Gasteiger partial charge is 0.383 e. The number of aryl methyl sites for hydroxylation is 2. The first-order valence-electron chi connectivity index (χ1n) is 12.8. The monoisotopic (exact) mass is 573 g/mol. The van der Waals surface area contributed by atoms with E-state index in [9.17, 15) is 17.2 Å². The molecule has 9 nitrogen and oxygen atoms in total. The second-order valence-corrected chi connectivity index (χ2v) is 11.4. The van der Waals surface area contributed by atoms with E-state index in [0.717, 1.165) is 6.07 Å². The summed E-state index contributed by atoms with van der Waals surface area (Å²) < 4.78 is 74.6. The van der Waals surface area contributed by atoms with Crippen LogP contribution in [0.4, 0.5) is 30.4 Å². The summed E-state index contributed by atoms with van der Waals surface area (Å²) in [6.07, 6.45) is 1.70. The molecule has 2 aromatic carbocycles. The zero-order valence-electron chi connectivity index (χ0n) is 22.2. The van der Waals surface area contributed by atoms with Gasteiger partial charge in [-0.25, -0.2) is 26.6 Å². The molecule has 212 valence electrons. The van der Waals surface area contributed by atoms with Gasteiger partial charge in [-0.3, -0.25) is 9.40 Å². The normalized spacial score (nSPS) is 17.4. The Kier molecular flexibility index (Phi) is 7.13. The number of hydrogen-bond donors (Lipinski definition) is 3. The molecule has 4 N–H and O–H groups in total. The number of piperidine rings is 1. The molecule has 13 heteroatoms. The molecule has 1 atom stereocenters. The Morgan fingerprint density at radius 3 is 2.60 bits per heavy atom. The van der Waals surface area contributed by atoms with Crippen molar-refractivity contribution in [2.24, 2.45) is 0 Å². The minimum atomic E-state index is -4.03. The second-order valence-electron chi connectivity index (χ2n) is 9.79. The van der Waals surface area contributed by atoms with Crippen LogP contribution in [0.5, 0.6) is 0 Å². The van der Waals surface area contributed by atoms with E-state index in [4.69, 9.17) is 5.73 Å². The zero-order valence-corrected chi connectivity index (χ0v) is 23.1. The molecular weight excluding hydrogens is 543 g/mol. The molecule has 1 aliphatic heterocycles. The van der Waals surface area contributed by atoms with Gasteiger partial charge in [-0.15, -0.1) is 0 Å². The Balaban J connectivity index is 1.55. The highest BCUT2D eigenvalue weighted by Crippen LogP contribution is 2.40. The van der Waals surface area contributed by atoms with Crippen molar-refractivity contribution < 1.29 is 21.6 Å². The Morgan fingerprint density at radius 2 is 1.95 bits per heavy atom. The molecule has 5 rings (SSSR count). The van der Waals surface area contributed by atoms with Crippen molar-refractivity contribution in [3.8, 4) is 11.3 Å². The predicted octanol–water partition coefficient (Wildman–Crippen LogP) is 4.38. The summed E-state index contributed by atoms with van der Waals surface area (Å²) in [6.45, 7) is 3.76. The number of nitrogens with zero attached hydrogens (tertiary/aromatic N) is 4. The maximum atomic E-state index is 15.3. The molecule has 0 spiro atoms. The number of pyridine rings is 1. The summed E-state index contributed by atoms with van der Waals surface area (Å²) in [7, 11) is -2.51. The van der Waals surface area contributed by atoms with Gasteiger partial charge in [0.05, 0.1) is 46.0 Å². The predicted molar refractivity (Wildman–Crippen MR) is 150 cm³/mol. The first kappa shape index (κ1) is 27.7. The topological polar surface area (TPSA) is 118 Å². The molecule has 0 aliphatic carbocycles. The summed E-state index contributed by atoms with van der Waals surface area (Å²) in [6, 6.07) is 9.47. The molecule has 1 saturated heterocycles. The van der Waals surface area contributed by atoms with Crippen LogP contribution in [0, 0.1) is 12.7 Å². The second kappa shape index (κ2) is 10.3. The van der Waals surface area contributed by atoms with Crippen molar-refractivity contribution in [2.45, 2.75) is 43.7 Å². The maximum absolute atomic E-state index is 15.3. The molecule has 0 saturated carbocycles. The highest BCUT2D eigenvalue weighted by molar-refractivity contribution is 7.92.